The van der Waals surface area contributed by atoms with Crippen LogP contribution in [0.3, 0.4) is 0 Å². The second kappa shape index (κ2) is 9.21. The number of aromatic nitrogens is 1. The van der Waals surface area contributed by atoms with E-state index in [-0.39, 0.29) is 5.91 Å². The summed E-state index contributed by atoms with van der Waals surface area (Å²) in [5.41, 5.74) is 1.62. The van der Waals surface area contributed by atoms with Crippen molar-refractivity contribution in [2.75, 3.05) is 11.9 Å². The zero-order chi connectivity index (χ0) is 15.7. The van der Waals surface area contributed by atoms with Gasteiger partial charge in [-0.15, -0.1) is 0 Å². The molecule has 0 spiro atoms. The summed E-state index contributed by atoms with van der Waals surface area (Å²) in [5.74, 6) is -0.467. The second-order valence-corrected chi connectivity index (χ2v) is 5.14. The molecular weight excluding hydrogens is 268 g/mol. The first-order valence-electron chi connectivity index (χ1n) is 7.75. The van der Waals surface area contributed by atoms with Gasteiger partial charge in [-0.05, 0) is 20.3 Å². The summed E-state index contributed by atoms with van der Waals surface area (Å²) in [6.07, 6.45) is 7.64. The topological polar surface area (TPSA) is 71.2 Å². The second-order valence-electron chi connectivity index (χ2n) is 5.14. The molecule has 0 aliphatic heterocycles. The monoisotopic (exact) mass is 294 g/mol. The molecule has 0 unspecified atom stereocenters. The molecule has 0 aliphatic carbocycles. The molecule has 1 heterocycles. The highest BCUT2D eigenvalue weighted by atomic mass is 16.5. The number of aryl methyl sites for hydroxylation is 1. The number of ether oxygens (including phenoxy) is 1. The van der Waals surface area contributed by atoms with E-state index in [1.54, 1.807) is 20.0 Å². The SMILES string of the molecule is CCCCCCCC(=O)Nc1c[nH]c(C)c1C(=O)OCC. The van der Waals surface area contributed by atoms with E-state index in [9.17, 15) is 9.59 Å². The van der Waals surface area contributed by atoms with Gasteiger partial charge in [0.1, 0.15) is 5.56 Å². The summed E-state index contributed by atoms with van der Waals surface area (Å²) in [4.78, 5) is 26.7. The average molecular weight is 294 g/mol. The fourth-order valence-corrected chi connectivity index (χ4v) is 2.19. The van der Waals surface area contributed by atoms with Crippen molar-refractivity contribution in [3.63, 3.8) is 0 Å². The number of carbonyl (C=O) groups excluding carboxylic acids is 2. The largest absolute Gasteiger partial charge is 0.462 e. The van der Waals surface area contributed by atoms with E-state index in [2.05, 4.69) is 17.2 Å². The van der Waals surface area contributed by atoms with E-state index < -0.39 is 5.97 Å². The zero-order valence-electron chi connectivity index (χ0n) is 13.3. The van der Waals surface area contributed by atoms with Crippen LogP contribution < -0.4 is 5.32 Å². The van der Waals surface area contributed by atoms with Gasteiger partial charge < -0.3 is 15.0 Å². The van der Waals surface area contributed by atoms with E-state index in [1.165, 1.54) is 19.3 Å². The average Bonchev–Trinajstić information content (AvgIpc) is 2.79. The molecule has 118 valence electrons. The van der Waals surface area contributed by atoms with Crippen molar-refractivity contribution in [3.8, 4) is 0 Å². The molecule has 1 rings (SSSR count). The lowest BCUT2D eigenvalue weighted by atomic mass is 10.1. The molecule has 1 aromatic rings. The van der Waals surface area contributed by atoms with Crippen LogP contribution in [0.4, 0.5) is 5.69 Å². The van der Waals surface area contributed by atoms with E-state index in [0.717, 1.165) is 12.8 Å². The van der Waals surface area contributed by atoms with Crippen LogP contribution in [-0.2, 0) is 9.53 Å². The van der Waals surface area contributed by atoms with Crippen molar-refractivity contribution < 1.29 is 14.3 Å². The lowest BCUT2D eigenvalue weighted by Gasteiger charge is -2.07. The lowest BCUT2D eigenvalue weighted by Crippen LogP contribution is -2.14. The quantitative estimate of drug-likeness (QED) is 0.537. The standard InChI is InChI=1S/C16H26N2O3/c1-4-6-7-8-9-10-14(19)18-13-11-17-12(3)15(13)16(20)21-5-2/h11,17H,4-10H2,1-3H3,(H,18,19). The van der Waals surface area contributed by atoms with Crippen LogP contribution >= 0.6 is 0 Å². The lowest BCUT2D eigenvalue weighted by molar-refractivity contribution is -0.116. The molecule has 0 saturated carbocycles. The minimum Gasteiger partial charge on any atom is -0.462 e. The van der Waals surface area contributed by atoms with Gasteiger partial charge in [-0.25, -0.2) is 4.79 Å². The molecule has 21 heavy (non-hydrogen) atoms. The number of carbonyl (C=O) groups is 2. The molecule has 1 aromatic heterocycles. The van der Waals surface area contributed by atoms with Gasteiger partial charge in [-0.2, -0.15) is 0 Å². The van der Waals surface area contributed by atoms with Gasteiger partial charge >= 0.3 is 5.97 Å². The van der Waals surface area contributed by atoms with Crippen LogP contribution in [0.5, 0.6) is 0 Å². The third kappa shape index (κ3) is 5.61. The molecule has 2 N–H and O–H groups in total. The Bertz CT molecular complexity index is 466. The van der Waals surface area contributed by atoms with Crippen LogP contribution in [0.2, 0.25) is 0 Å². The first-order valence-corrected chi connectivity index (χ1v) is 7.75. The Morgan fingerprint density at radius 2 is 1.90 bits per heavy atom. The van der Waals surface area contributed by atoms with E-state index in [1.807, 2.05) is 0 Å². The minimum atomic E-state index is -0.408. The van der Waals surface area contributed by atoms with Crippen molar-refractivity contribution >= 4 is 17.6 Å². The smallest absolute Gasteiger partial charge is 0.342 e. The molecule has 0 bridgehead atoms. The summed E-state index contributed by atoms with van der Waals surface area (Å²) in [6, 6.07) is 0. The highest BCUT2D eigenvalue weighted by molar-refractivity contribution is 6.02. The van der Waals surface area contributed by atoms with E-state index in [0.29, 0.717) is 30.0 Å². The van der Waals surface area contributed by atoms with E-state index >= 15 is 0 Å². The highest BCUT2D eigenvalue weighted by Gasteiger charge is 2.18. The predicted molar refractivity (Wildman–Crippen MR) is 83.5 cm³/mol. The van der Waals surface area contributed by atoms with Gasteiger partial charge in [0.05, 0.1) is 12.3 Å². The van der Waals surface area contributed by atoms with Crippen molar-refractivity contribution in [2.45, 2.75) is 59.3 Å². The van der Waals surface area contributed by atoms with Crippen LogP contribution in [0, 0.1) is 6.92 Å². The van der Waals surface area contributed by atoms with Crippen LogP contribution in [-0.4, -0.2) is 23.5 Å². The molecule has 0 fully saturated rings. The summed E-state index contributed by atoms with van der Waals surface area (Å²) in [5, 5.41) is 2.79. The van der Waals surface area contributed by atoms with Crippen LogP contribution in [0.15, 0.2) is 6.20 Å². The van der Waals surface area contributed by atoms with Gasteiger partial charge in [0.25, 0.3) is 0 Å². The van der Waals surface area contributed by atoms with Crippen molar-refractivity contribution in [1.82, 2.24) is 4.98 Å². The molecular formula is C16H26N2O3. The van der Waals surface area contributed by atoms with Gasteiger partial charge in [0, 0.05) is 18.3 Å². The highest BCUT2D eigenvalue weighted by Crippen LogP contribution is 2.20. The number of hydrogen-bond donors (Lipinski definition) is 2. The maximum Gasteiger partial charge on any atom is 0.342 e. The number of H-pyrrole nitrogens is 1. The Balaban J connectivity index is 2.51. The normalized spacial score (nSPS) is 10.4. The molecule has 0 aromatic carbocycles. The molecule has 5 nitrogen and oxygen atoms in total. The van der Waals surface area contributed by atoms with Crippen molar-refractivity contribution in [3.05, 3.63) is 17.5 Å². The van der Waals surface area contributed by atoms with Crippen LogP contribution in [0.1, 0.15) is 68.4 Å². The Labute approximate surface area is 126 Å². The molecule has 0 atom stereocenters. The number of amides is 1. The molecule has 5 heteroatoms. The third-order valence-corrected chi connectivity index (χ3v) is 3.34. The van der Waals surface area contributed by atoms with Crippen LogP contribution in [0.25, 0.3) is 0 Å². The number of esters is 1. The summed E-state index contributed by atoms with van der Waals surface area (Å²) < 4.78 is 5.00. The predicted octanol–water partition coefficient (Wildman–Crippen LogP) is 3.80. The van der Waals surface area contributed by atoms with Gasteiger partial charge in [0.15, 0.2) is 0 Å². The fourth-order valence-electron chi connectivity index (χ4n) is 2.19. The fraction of sp³-hybridized carbons (Fsp3) is 0.625. The Morgan fingerprint density at radius 1 is 1.19 bits per heavy atom. The van der Waals surface area contributed by atoms with Gasteiger partial charge in [-0.1, -0.05) is 32.6 Å². The molecule has 0 aliphatic rings. The summed E-state index contributed by atoms with van der Waals surface area (Å²) in [6.45, 7) is 6.02. The number of aromatic amines is 1. The first-order chi connectivity index (χ1) is 10.1. The Hall–Kier alpha value is -1.78. The molecule has 0 radical (unpaired) electrons. The summed E-state index contributed by atoms with van der Waals surface area (Å²) in [7, 11) is 0. The third-order valence-electron chi connectivity index (χ3n) is 3.34. The number of rotatable bonds is 9. The number of hydrogen-bond acceptors (Lipinski definition) is 3. The molecule has 1 amide bonds. The first kappa shape index (κ1) is 17.3. The Kier molecular flexibility index (Phi) is 7.58. The van der Waals surface area contributed by atoms with E-state index in [4.69, 9.17) is 4.74 Å². The number of anilines is 1. The molecule has 0 saturated heterocycles. The van der Waals surface area contributed by atoms with Gasteiger partial charge in [-0.3, -0.25) is 4.79 Å². The minimum absolute atomic E-state index is 0.0592. The van der Waals surface area contributed by atoms with Gasteiger partial charge in [0.2, 0.25) is 5.91 Å². The number of unbranched alkanes of at least 4 members (excludes halogenated alkanes) is 4. The summed E-state index contributed by atoms with van der Waals surface area (Å²) >= 11 is 0. The van der Waals surface area contributed by atoms with Crippen molar-refractivity contribution in [1.29, 1.82) is 0 Å². The Morgan fingerprint density at radius 3 is 2.57 bits per heavy atom. The van der Waals surface area contributed by atoms with Crippen molar-refractivity contribution in [2.24, 2.45) is 0 Å². The maximum absolute atomic E-state index is 11.9. The zero-order valence-corrected chi connectivity index (χ0v) is 13.3. The maximum atomic E-state index is 11.9. The number of nitrogens with one attached hydrogen (secondary N) is 2.